The molecule has 0 atom stereocenters. The molecule has 0 spiro atoms. The van der Waals surface area contributed by atoms with Gasteiger partial charge in [0, 0.05) is 26.2 Å². The van der Waals surface area contributed by atoms with Gasteiger partial charge in [0.25, 0.3) is 0 Å². The van der Waals surface area contributed by atoms with Crippen molar-refractivity contribution in [2.45, 2.75) is 11.8 Å². The molecule has 0 aliphatic carbocycles. The van der Waals surface area contributed by atoms with Crippen molar-refractivity contribution >= 4 is 36.7 Å². The molecule has 0 N–H and O–H groups in total. The first-order valence-corrected chi connectivity index (χ1v) is 10.5. The van der Waals surface area contributed by atoms with Crippen molar-refractivity contribution in [1.82, 2.24) is 9.29 Å². The summed E-state index contributed by atoms with van der Waals surface area (Å²) in [7, 11) is -3.41. The molecule has 2 aromatic carbocycles. The van der Waals surface area contributed by atoms with E-state index in [9.17, 15) is 8.42 Å². The van der Waals surface area contributed by atoms with Crippen molar-refractivity contribution in [3.63, 3.8) is 0 Å². The summed E-state index contributed by atoms with van der Waals surface area (Å²) in [5.74, 6) is 0. The first-order chi connectivity index (χ1) is 12.1. The van der Waals surface area contributed by atoms with E-state index < -0.39 is 10.0 Å². The predicted molar refractivity (Wildman–Crippen MR) is 102 cm³/mol. The van der Waals surface area contributed by atoms with E-state index >= 15 is 0 Å². The highest BCUT2D eigenvalue weighted by Crippen LogP contribution is 2.31. The van der Waals surface area contributed by atoms with Gasteiger partial charge < -0.3 is 4.90 Å². The minimum Gasteiger partial charge on any atom is -0.345 e. The highest BCUT2D eigenvalue weighted by molar-refractivity contribution is 7.89. The molecule has 0 saturated carbocycles. The average molecular weight is 374 g/mol. The average Bonchev–Trinajstić information content (AvgIpc) is 3.08. The second kappa shape index (κ2) is 6.40. The summed E-state index contributed by atoms with van der Waals surface area (Å²) < 4.78 is 28.2. The molecular weight excluding hydrogens is 354 g/mol. The van der Waals surface area contributed by atoms with Gasteiger partial charge in [-0.2, -0.15) is 4.31 Å². The molecule has 1 aliphatic heterocycles. The Balaban J connectivity index is 1.52. The van der Waals surface area contributed by atoms with Gasteiger partial charge in [0.05, 0.1) is 15.1 Å². The first kappa shape index (κ1) is 16.5. The van der Waals surface area contributed by atoms with Crippen LogP contribution >= 0.6 is 11.3 Å². The smallest absolute Gasteiger partial charge is 0.243 e. The second-order valence-electron chi connectivity index (χ2n) is 6.12. The largest absolute Gasteiger partial charge is 0.345 e. The van der Waals surface area contributed by atoms with E-state index in [0.29, 0.717) is 31.1 Å². The lowest BCUT2D eigenvalue weighted by molar-refractivity contribution is 0.385. The van der Waals surface area contributed by atoms with E-state index in [0.717, 1.165) is 10.6 Å². The molecule has 5 nitrogen and oxygen atoms in total. The van der Waals surface area contributed by atoms with Crippen LogP contribution < -0.4 is 4.90 Å². The summed E-state index contributed by atoms with van der Waals surface area (Å²) in [6, 6.07) is 14.8. The molecule has 130 valence electrons. The fraction of sp³-hybridized carbons (Fsp3) is 0.278. The molecule has 0 radical (unpaired) electrons. The molecular formula is C18H19N3O2S2. The van der Waals surface area contributed by atoms with Crippen molar-refractivity contribution < 1.29 is 8.42 Å². The second-order valence-corrected chi connectivity index (χ2v) is 9.07. The zero-order chi connectivity index (χ0) is 17.4. The van der Waals surface area contributed by atoms with Crippen LogP contribution in [0, 0.1) is 6.92 Å². The number of hydrogen-bond donors (Lipinski definition) is 0. The minimum absolute atomic E-state index is 0.360. The van der Waals surface area contributed by atoms with Crippen LogP contribution in [-0.2, 0) is 10.0 Å². The van der Waals surface area contributed by atoms with Gasteiger partial charge in [-0.1, -0.05) is 41.7 Å². The Kier molecular flexibility index (Phi) is 4.23. The Labute approximate surface area is 151 Å². The summed E-state index contributed by atoms with van der Waals surface area (Å²) >= 11 is 1.67. The number of anilines is 1. The summed E-state index contributed by atoms with van der Waals surface area (Å²) in [5, 5.41) is 0.973. The molecule has 0 unspecified atom stereocenters. The zero-order valence-electron chi connectivity index (χ0n) is 13.9. The standard InChI is InChI=1S/C18H19N3O2S2/c1-14-6-5-9-16-17(14)19-18(24-16)20-10-12-21(13-11-20)25(22,23)15-7-3-2-4-8-15/h2-9H,10-13H2,1H3. The Bertz CT molecular complexity index is 992. The van der Waals surface area contributed by atoms with Crippen LogP contribution in [0.25, 0.3) is 10.2 Å². The number of sulfonamides is 1. The van der Waals surface area contributed by atoms with E-state index in [4.69, 9.17) is 4.98 Å². The van der Waals surface area contributed by atoms with Gasteiger partial charge in [-0.15, -0.1) is 0 Å². The van der Waals surface area contributed by atoms with Gasteiger partial charge in [-0.25, -0.2) is 13.4 Å². The third-order valence-corrected chi connectivity index (χ3v) is 7.49. The number of aromatic nitrogens is 1. The Morgan fingerprint density at radius 2 is 1.68 bits per heavy atom. The number of aryl methyl sites for hydroxylation is 1. The Hall–Kier alpha value is -1.96. The molecule has 7 heteroatoms. The fourth-order valence-corrected chi connectivity index (χ4v) is 5.61. The highest BCUT2D eigenvalue weighted by atomic mass is 32.2. The minimum atomic E-state index is -3.41. The lowest BCUT2D eigenvalue weighted by Crippen LogP contribution is -2.48. The fourth-order valence-electron chi connectivity index (χ4n) is 3.07. The lowest BCUT2D eigenvalue weighted by Gasteiger charge is -2.33. The monoisotopic (exact) mass is 373 g/mol. The van der Waals surface area contributed by atoms with E-state index in [1.807, 2.05) is 12.1 Å². The van der Waals surface area contributed by atoms with E-state index in [2.05, 4.69) is 24.0 Å². The van der Waals surface area contributed by atoms with Crippen LogP contribution in [-0.4, -0.2) is 43.9 Å². The first-order valence-electron chi connectivity index (χ1n) is 8.22. The maximum absolute atomic E-state index is 12.7. The number of hydrogen-bond acceptors (Lipinski definition) is 5. The molecule has 25 heavy (non-hydrogen) atoms. The van der Waals surface area contributed by atoms with Gasteiger partial charge in [0.15, 0.2) is 5.13 Å². The number of rotatable bonds is 3. The number of piperazine rings is 1. The number of nitrogens with zero attached hydrogens (tertiary/aromatic N) is 3. The topological polar surface area (TPSA) is 53.5 Å². The van der Waals surface area contributed by atoms with E-state index in [1.165, 1.54) is 10.3 Å². The molecule has 1 saturated heterocycles. The molecule has 2 heterocycles. The maximum Gasteiger partial charge on any atom is 0.243 e. The lowest BCUT2D eigenvalue weighted by atomic mass is 10.2. The molecule has 1 aromatic heterocycles. The van der Waals surface area contributed by atoms with Crippen molar-refractivity contribution in [2.24, 2.45) is 0 Å². The molecule has 4 rings (SSSR count). The van der Waals surface area contributed by atoms with Crippen molar-refractivity contribution in [3.8, 4) is 0 Å². The van der Waals surface area contributed by atoms with Gasteiger partial charge in [-0.3, -0.25) is 0 Å². The molecule has 0 amide bonds. The van der Waals surface area contributed by atoms with Gasteiger partial charge in [0.2, 0.25) is 10.0 Å². The summed E-state index contributed by atoms with van der Waals surface area (Å²) in [5.41, 5.74) is 2.21. The van der Waals surface area contributed by atoms with Crippen LogP contribution in [0.3, 0.4) is 0 Å². The molecule has 1 aliphatic rings. The molecule has 0 bridgehead atoms. The Morgan fingerprint density at radius 1 is 0.960 bits per heavy atom. The summed E-state index contributed by atoms with van der Waals surface area (Å²) in [6.07, 6.45) is 0. The number of fused-ring (bicyclic) bond motifs is 1. The van der Waals surface area contributed by atoms with Gasteiger partial charge in [-0.05, 0) is 30.7 Å². The quantitative estimate of drug-likeness (QED) is 0.708. The van der Waals surface area contributed by atoms with Crippen molar-refractivity contribution in [3.05, 3.63) is 54.1 Å². The normalized spacial score (nSPS) is 16.4. The SMILES string of the molecule is Cc1cccc2sc(N3CCN(S(=O)(=O)c4ccccc4)CC3)nc12. The number of para-hydroxylation sites is 1. The summed E-state index contributed by atoms with van der Waals surface area (Å²) in [6.45, 7) is 4.34. The third-order valence-electron chi connectivity index (χ3n) is 4.50. The maximum atomic E-state index is 12.7. The van der Waals surface area contributed by atoms with Gasteiger partial charge >= 0.3 is 0 Å². The van der Waals surface area contributed by atoms with Gasteiger partial charge in [0.1, 0.15) is 0 Å². The zero-order valence-corrected chi connectivity index (χ0v) is 15.6. The van der Waals surface area contributed by atoms with Crippen molar-refractivity contribution in [2.75, 3.05) is 31.1 Å². The van der Waals surface area contributed by atoms with Crippen LogP contribution in [0.15, 0.2) is 53.4 Å². The highest BCUT2D eigenvalue weighted by Gasteiger charge is 2.29. The third kappa shape index (κ3) is 3.03. The summed E-state index contributed by atoms with van der Waals surface area (Å²) in [4.78, 5) is 7.30. The molecule has 3 aromatic rings. The number of thiazole rings is 1. The van der Waals surface area contributed by atoms with Crippen LogP contribution in [0.2, 0.25) is 0 Å². The van der Waals surface area contributed by atoms with E-state index in [1.54, 1.807) is 39.9 Å². The van der Waals surface area contributed by atoms with Crippen LogP contribution in [0.4, 0.5) is 5.13 Å². The number of benzene rings is 2. The predicted octanol–water partition coefficient (Wildman–Crippen LogP) is 3.12. The Morgan fingerprint density at radius 3 is 2.36 bits per heavy atom. The van der Waals surface area contributed by atoms with Crippen LogP contribution in [0.5, 0.6) is 0 Å². The van der Waals surface area contributed by atoms with E-state index in [-0.39, 0.29) is 0 Å². The van der Waals surface area contributed by atoms with Crippen LogP contribution in [0.1, 0.15) is 5.56 Å². The van der Waals surface area contributed by atoms with Crippen molar-refractivity contribution in [1.29, 1.82) is 0 Å². The molecule has 1 fully saturated rings.